The van der Waals surface area contributed by atoms with Crippen molar-refractivity contribution in [2.75, 3.05) is 0 Å². The third-order valence-electron chi connectivity index (χ3n) is 3.84. The van der Waals surface area contributed by atoms with Crippen LogP contribution in [0.25, 0.3) is 0 Å². The molecule has 0 rings (SSSR count). The van der Waals surface area contributed by atoms with E-state index in [4.69, 9.17) is 3.07 Å². The first-order valence-corrected chi connectivity index (χ1v) is 15.7. The summed E-state index contributed by atoms with van der Waals surface area (Å²) in [5, 5.41) is 0. The monoisotopic (exact) mass is 390 g/mol. The molecule has 0 amide bonds. The van der Waals surface area contributed by atoms with Crippen molar-refractivity contribution in [2.24, 2.45) is 0 Å². The molecular weight excluding hydrogens is 355 g/mol. The summed E-state index contributed by atoms with van der Waals surface area (Å²) in [5.41, 5.74) is 0. The van der Waals surface area contributed by atoms with Crippen LogP contribution >= 0.6 is 0 Å². The Morgan fingerprint density at radius 3 is 1.80 bits per heavy atom. The number of carbonyl (C=O) groups excluding carboxylic acids is 1. The van der Waals surface area contributed by atoms with Crippen molar-refractivity contribution in [2.45, 2.75) is 85.4 Å². The number of unbranched alkanes of at least 4 members (excludes halogenated alkanes) is 3. The van der Waals surface area contributed by atoms with Gasteiger partial charge >= 0.3 is 131 Å². The molecule has 0 aliphatic heterocycles. The molecule has 118 valence electrons. The van der Waals surface area contributed by atoms with Gasteiger partial charge in [-0.3, -0.25) is 0 Å². The van der Waals surface area contributed by atoms with Gasteiger partial charge in [0.25, 0.3) is 0 Å². The Kier molecular flexibility index (Phi) is 12.7. The molecule has 0 N–H and O–H groups in total. The Morgan fingerprint density at radius 1 is 1.00 bits per heavy atom. The van der Waals surface area contributed by atoms with Gasteiger partial charge in [-0.15, -0.1) is 0 Å². The van der Waals surface area contributed by atoms with Gasteiger partial charge in [0.2, 0.25) is 0 Å². The molecule has 0 saturated carbocycles. The van der Waals surface area contributed by atoms with Crippen LogP contribution in [0.5, 0.6) is 0 Å². The summed E-state index contributed by atoms with van der Waals surface area (Å²) in [6.07, 6.45) is 10.4. The molecule has 0 saturated heterocycles. The summed E-state index contributed by atoms with van der Waals surface area (Å²) in [4.78, 5) is 12.1. The van der Waals surface area contributed by atoms with Crippen LogP contribution in [0, 0.1) is 0 Å². The van der Waals surface area contributed by atoms with Crippen LogP contribution in [0.15, 0.2) is 12.7 Å². The van der Waals surface area contributed by atoms with E-state index in [0.717, 1.165) is 6.42 Å². The van der Waals surface area contributed by atoms with Crippen LogP contribution in [0.1, 0.15) is 72.1 Å². The second-order valence-electron chi connectivity index (χ2n) is 5.80. The van der Waals surface area contributed by atoms with Gasteiger partial charge in [0.15, 0.2) is 0 Å². The Hall–Kier alpha value is 0.00870. The van der Waals surface area contributed by atoms with E-state index in [2.05, 4.69) is 27.4 Å². The Bertz CT molecular complexity index is 242. The van der Waals surface area contributed by atoms with E-state index in [1.807, 2.05) is 6.08 Å². The molecule has 0 unspecified atom stereocenters. The van der Waals surface area contributed by atoms with E-state index in [1.165, 1.54) is 51.8 Å². The molecule has 0 atom stereocenters. The predicted octanol–water partition coefficient (Wildman–Crippen LogP) is 5.84. The summed E-state index contributed by atoms with van der Waals surface area (Å²) < 4.78 is 9.85. The Balaban J connectivity index is 4.72. The third kappa shape index (κ3) is 9.04. The molecule has 0 radical (unpaired) electrons. The van der Waals surface area contributed by atoms with E-state index < -0.39 is 18.8 Å². The zero-order chi connectivity index (χ0) is 15.3. The van der Waals surface area contributed by atoms with Gasteiger partial charge in [0.1, 0.15) is 0 Å². The van der Waals surface area contributed by atoms with Gasteiger partial charge in [0, 0.05) is 0 Å². The average Bonchev–Trinajstić information content (AvgIpc) is 2.46. The molecule has 0 aliphatic carbocycles. The van der Waals surface area contributed by atoms with Gasteiger partial charge in [-0.25, -0.2) is 0 Å². The molecule has 0 aromatic carbocycles. The SMILES string of the molecule is C=CCCC(=O)[O][Sn]([CH2]CCC)([CH2]CCC)[CH2]CCC. The normalized spacial score (nSPS) is 11.3. The molecular formula is C17H34O2Sn. The van der Waals surface area contributed by atoms with Gasteiger partial charge in [-0.05, 0) is 0 Å². The van der Waals surface area contributed by atoms with Crippen molar-refractivity contribution < 1.29 is 7.87 Å². The van der Waals surface area contributed by atoms with Crippen LogP contribution in [-0.2, 0) is 7.87 Å². The van der Waals surface area contributed by atoms with Crippen LogP contribution in [-0.4, -0.2) is 24.8 Å². The fourth-order valence-electron chi connectivity index (χ4n) is 2.54. The maximum absolute atomic E-state index is 12.1. The summed E-state index contributed by atoms with van der Waals surface area (Å²) in [5.74, 6) is 0.0454. The van der Waals surface area contributed by atoms with E-state index in [9.17, 15) is 4.79 Å². The number of rotatable bonds is 13. The second kappa shape index (κ2) is 12.7. The zero-order valence-electron chi connectivity index (χ0n) is 13.9. The molecule has 0 fully saturated rings. The summed E-state index contributed by atoms with van der Waals surface area (Å²) in [6, 6.07) is 0. The first kappa shape index (κ1) is 20.0. The van der Waals surface area contributed by atoms with Crippen molar-refractivity contribution in [1.82, 2.24) is 0 Å². The number of hydrogen-bond donors (Lipinski definition) is 0. The van der Waals surface area contributed by atoms with Crippen LogP contribution in [0.4, 0.5) is 0 Å². The van der Waals surface area contributed by atoms with Gasteiger partial charge in [-0.2, -0.15) is 0 Å². The topological polar surface area (TPSA) is 26.3 Å². The minimum atomic E-state index is -2.70. The van der Waals surface area contributed by atoms with Crippen molar-refractivity contribution in [3.8, 4) is 0 Å². The first-order valence-electron chi connectivity index (χ1n) is 8.46. The second-order valence-corrected chi connectivity index (χ2v) is 17.4. The number of allylic oxidation sites excluding steroid dienone is 1. The van der Waals surface area contributed by atoms with E-state index in [1.54, 1.807) is 0 Å². The molecule has 20 heavy (non-hydrogen) atoms. The van der Waals surface area contributed by atoms with Crippen molar-refractivity contribution >= 4 is 24.8 Å². The Labute approximate surface area is 130 Å². The van der Waals surface area contributed by atoms with Crippen LogP contribution in [0.3, 0.4) is 0 Å². The molecule has 2 nitrogen and oxygen atoms in total. The van der Waals surface area contributed by atoms with Crippen LogP contribution < -0.4 is 0 Å². The number of hydrogen-bond acceptors (Lipinski definition) is 2. The molecule has 0 heterocycles. The van der Waals surface area contributed by atoms with Gasteiger partial charge in [0.05, 0.1) is 0 Å². The molecule has 0 aromatic rings. The predicted molar refractivity (Wildman–Crippen MR) is 90.4 cm³/mol. The summed E-state index contributed by atoms with van der Waals surface area (Å²) in [6.45, 7) is 10.4. The molecule has 0 aromatic heterocycles. The van der Waals surface area contributed by atoms with Crippen molar-refractivity contribution in [3.05, 3.63) is 12.7 Å². The van der Waals surface area contributed by atoms with E-state index >= 15 is 0 Å². The fourth-order valence-corrected chi connectivity index (χ4v) is 15.8. The van der Waals surface area contributed by atoms with Gasteiger partial charge in [-0.1, -0.05) is 0 Å². The molecule has 0 bridgehead atoms. The molecule has 3 heteroatoms. The molecule has 0 spiro atoms. The minimum absolute atomic E-state index is 0.0454. The quantitative estimate of drug-likeness (QED) is 0.292. The average molecular weight is 389 g/mol. The van der Waals surface area contributed by atoms with Crippen LogP contribution in [0.2, 0.25) is 13.3 Å². The fraction of sp³-hybridized carbons (Fsp3) is 0.824. The molecule has 0 aliphatic rings. The Morgan fingerprint density at radius 2 is 1.45 bits per heavy atom. The zero-order valence-corrected chi connectivity index (χ0v) is 16.7. The van der Waals surface area contributed by atoms with Gasteiger partial charge < -0.3 is 0 Å². The van der Waals surface area contributed by atoms with Crippen molar-refractivity contribution in [3.63, 3.8) is 0 Å². The summed E-state index contributed by atoms with van der Waals surface area (Å²) in [7, 11) is 0. The standard InChI is InChI=1S/C5H8O2.3C4H9.Sn/c1-2-3-4-5(6)7;3*1-3-4-2;/h2H,1,3-4H2,(H,6,7);3*1,3-4H2,2H3;/q;;;;+1/p-1. The first-order chi connectivity index (χ1) is 9.64. The van der Waals surface area contributed by atoms with E-state index in [-0.39, 0.29) is 5.97 Å². The van der Waals surface area contributed by atoms with E-state index in [0.29, 0.717) is 6.42 Å². The van der Waals surface area contributed by atoms with Crippen molar-refractivity contribution in [1.29, 1.82) is 0 Å². The maximum atomic E-state index is 12.1. The third-order valence-corrected chi connectivity index (χ3v) is 16.6. The number of carbonyl (C=O) groups is 1. The summed E-state index contributed by atoms with van der Waals surface area (Å²) >= 11 is -2.70.